The van der Waals surface area contributed by atoms with E-state index in [1.807, 2.05) is 19.9 Å². The van der Waals surface area contributed by atoms with Gasteiger partial charge in [-0.05, 0) is 50.8 Å². The van der Waals surface area contributed by atoms with Gasteiger partial charge in [0.1, 0.15) is 17.5 Å². The number of amides is 1. The zero-order valence-electron chi connectivity index (χ0n) is 22.0. The summed E-state index contributed by atoms with van der Waals surface area (Å²) in [6, 6.07) is 6.12. The van der Waals surface area contributed by atoms with Crippen LogP contribution in [0.1, 0.15) is 44.2 Å². The molecule has 2 saturated heterocycles. The second-order valence-corrected chi connectivity index (χ2v) is 10.5. The number of anilines is 2. The molecule has 2 aliphatic heterocycles. The third kappa shape index (κ3) is 5.34. The number of nitrogens with one attached hydrogen (secondary N) is 1. The summed E-state index contributed by atoms with van der Waals surface area (Å²) >= 11 is 0. The lowest BCUT2D eigenvalue weighted by Gasteiger charge is -2.42. The number of hydrogen-bond acceptors (Lipinski definition) is 8. The fraction of sp³-hybridized carbons (Fsp3) is 0.536. The predicted molar refractivity (Wildman–Crippen MR) is 137 cm³/mol. The van der Waals surface area contributed by atoms with E-state index in [1.54, 1.807) is 11.1 Å². The number of nitrogens with zero attached hydrogens (tertiary/aromatic N) is 3. The minimum Gasteiger partial charge on any atom is -0.490 e. The molecule has 5 rings (SSSR count). The molecule has 1 amide bonds. The standard InChI is InChI=1S/C28H33FN4O5/c1-4-18-13-31-26(32-22-6-5-17(12-30)11-21(22)29)25(35-3)24(18)37-23-19-7-10-36-16-20(23)15-33(14-19)27(34)38-28(2)8-9-28/h5-6,11,13,19-20,23H,4,7-10,14-16H2,1-3H3,(H,31,32). The first kappa shape index (κ1) is 26.0. The highest BCUT2D eigenvalue weighted by atomic mass is 19.1. The van der Waals surface area contributed by atoms with Crippen molar-refractivity contribution >= 4 is 17.6 Å². The van der Waals surface area contributed by atoms with Crippen molar-refractivity contribution in [2.24, 2.45) is 11.8 Å². The van der Waals surface area contributed by atoms with Crippen LogP contribution in [0, 0.1) is 29.0 Å². The van der Waals surface area contributed by atoms with Crippen molar-refractivity contribution in [3.8, 4) is 17.6 Å². The molecular formula is C28H33FN4O5. The molecule has 3 aliphatic rings. The number of pyridine rings is 1. The number of carbonyl (C=O) groups excluding carboxylic acids is 1. The van der Waals surface area contributed by atoms with Gasteiger partial charge in [0.05, 0.1) is 31.0 Å². The summed E-state index contributed by atoms with van der Waals surface area (Å²) in [7, 11) is 1.52. The Bertz CT molecular complexity index is 1230. The van der Waals surface area contributed by atoms with Gasteiger partial charge in [-0.15, -0.1) is 0 Å². The van der Waals surface area contributed by atoms with Crippen LogP contribution < -0.4 is 14.8 Å². The maximum absolute atomic E-state index is 14.6. The van der Waals surface area contributed by atoms with Crippen LogP contribution in [0.2, 0.25) is 0 Å². The van der Waals surface area contributed by atoms with Crippen molar-refractivity contribution in [3.05, 3.63) is 41.3 Å². The van der Waals surface area contributed by atoms with Crippen LogP contribution in [0.25, 0.3) is 0 Å². The maximum atomic E-state index is 14.6. The van der Waals surface area contributed by atoms with Crippen molar-refractivity contribution < 1.29 is 28.1 Å². The fourth-order valence-electron chi connectivity index (χ4n) is 5.12. The first-order valence-corrected chi connectivity index (χ1v) is 13.1. The second kappa shape index (κ2) is 10.7. The third-order valence-corrected chi connectivity index (χ3v) is 7.60. The van der Waals surface area contributed by atoms with E-state index in [0.717, 1.165) is 24.8 Å². The van der Waals surface area contributed by atoms with Gasteiger partial charge in [-0.3, -0.25) is 0 Å². The van der Waals surface area contributed by atoms with E-state index in [9.17, 15) is 9.18 Å². The molecule has 3 unspecified atom stereocenters. The summed E-state index contributed by atoms with van der Waals surface area (Å²) in [6.45, 7) is 6.04. The summed E-state index contributed by atoms with van der Waals surface area (Å²) in [5.41, 5.74) is 0.923. The Hall–Kier alpha value is -3.58. The van der Waals surface area contributed by atoms with Crippen molar-refractivity contribution in [2.45, 2.75) is 51.2 Å². The normalized spacial score (nSPS) is 23.6. The highest BCUT2D eigenvalue weighted by Crippen LogP contribution is 2.43. The number of likely N-dealkylation sites (tertiary alicyclic amines) is 1. The number of carbonyl (C=O) groups is 1. The van der Waals surface area contributed by atoms with Gasteiger partial charge in [0.25, 0.3) is 0 Å². The van der Waals surface area contributed by atoms with Crippen molar-refractivity contribution in [1.82, 2.24) is 9.88 Å². The van der Waals surface area contributed by atoms with E-state index in [1.165, 1.54) is 25.3 Å². The molecule has 2 aromatic rings. The van der Waals surface area contributed by atoms with Gasteiger partial charge >= 0.3 is 6.09 Å². The van der Waals surface area contributed by atoms with Crippen LogP contribution in [-0.4, -0.2) is 61.1 Å². The smallest absolute Gasteiger partial charge is 0.410 e. The van der Waals surface area contributed by atoms with Crippen LogP contribution in [0.3, 0.4) is 0 Å². The number of nitriles is 1. The molecule has 3 fully saturated rings. The molecule has 1 aliphatic carbocycles. The lowest BCUT2D eigenvalue weighted by molar-refractivity contribution is -0.0208. The number of methoxy groups -OCH3 is 1. The molecular weight excluding hydrogens is 491 g/mol. The molecule has 0 spiro atoms. The number of fused-ring (bicyclic) bond motifs is 2. The molecule has 3 atom stereocenters. The van der Waals surface area contributed by atoms with Crippen molar-refractivity contribution in [1.29, 1.82) is 5.26 Å². The number of halogens is 1. The zero-order valence-corrected chi connectivity index (χ0v) is 22.0. The van der Waals surface area contributed by atoms with Gasteiger partial charge in [-0.25, -0.2) is 14.2 Å². The van der Waals surface area contributed by atoms with Crippen LogP contribution in [0.4, 0.5) is 20.7 Å². The molecule has 1 aromatic carbocycles. The lowest BCUT2D eigenvalue weighted by Crippen LogP contribution is -2.54. The molecule has 3 heterocycles. The van der Waals surface area contributed by atoms with Crippen molar-refractivity contribution in [2.75, 3.05) is 38.7 Å². The molecule has 2 bridgehead atoms. The third-order valence-electron chi connectivity index (χ3n) is 7.60. The van der Waals surface area contributed by atoms with Gasteiger partial charge < -0.3 is 29.2 Å². The van der Waals surface area contributed by atoms with Crippen LogP contribution >= 0.6 is 0 Å². The Morgan fingerprint density at radius 3 is 2.79 bits per heavy atom. The van der Waals surface area contributed by atoms with E-state index in [-0.39, 0.29) is 40.9 Å². The first-order valence-electron chi connectivity index (χ1n) is 13.1. The maximum Gasteiger partial charge on any atom is 0.410 e. The predicted octanol–water partition coefficient (Wildman–Crippen LogP) is 4.81. The molecule has 9 nitrogen and oxygen atoms in total. The molecule has 1 saturated carbocycles. The molecule has 38 heavy (non-hydrogen) atoms. The largest absolute Gasteiger partial charge is 0.490 e. The van der Waals surface area contributed by atoms with Crippen LogP contribution in [-0.2, 0) is 15.9 Å². The van der Waals surface area contributed by atoms with Gasteiger partial charge in [0.2, 0.25) is 5.75 Å². The quantitative estimate of drug-likeness (QED) is 0.550. The van der Waals surface area contributed by atoms with Gasteiger partial charge in [-0.2, -0.15) is 5.26 Å². The molecule has 0 radical (unpaired) electrons. The molecule has 202 valence electrons. The first-order chi connectivity index (χ1) is 18.3. The minimum atomic E-state index is -0.572. The van der Waals surface area contributed by atoms with E-state index in [0.29, 0.717) is 50.0 Å². The monoisotopic (exact) mass is 524 g/mol. The Kier molecular flexibility index (Phi) is 7.30. The Labute approximate surface area is 221 Å². The number of rotatable bonds is 7. The molecule has 1 N–H and O–H groups in total. The topological polar surface area (TPSA) is 106 Å². The highest BCUT2D eigenvalue weighted by molar-refractivity contribution is 5.69. The summed E-state index contributed by atoms with van der Waals surface area (Å²) in [6.07, 6.45) is 4.42. The van der Waals surface area contributed by atoms with Gasteiger partial charge in [0, 0.05) is 43.3 Å². The summed E-state index contributed by atoms with van der Waals surface area (Å²) < 4.78 is 38.7. The fourth-order valence-corrected chi connectivity index (χ4v) is 5.12. The molecule has 1 aromatic heterocycles. The van der Waals surface area contributed by atoms with Gasteiger partial charge in [0.15, 0.2) is 11.6 Å². The van der Waals surface area contributed by atoms with E-state index < -0.39 is 5.82 Å². The Balaban J connectivity index is 1.41. The molecule has 10 heteroatoms. The number of hydrogen-bond donors (Lipinski definition) is 1. The van der Waals surface area contributed by atoms with E-state index in [4.69, 9.17) is 24.2 Å². The zero-order chi connectivity index (χ0) is 26.9. The number of aryl methyl sites for hydroxylation is 1. The number of benzene rings is 1. The second-order valence-electron chi connectivity index (χ2n) is 10.5. The number of piperidine rings is 1. The number of ether oxygens (including phenoxy) is 4. The SMILES string of the molecule is CCc1cnc(Nc2ccc(C#N)cc2F)c(OC)c1OC1C2CCOCC1CN(C(=O)OC1(C)CC1)C2. The summed E-state index contributed by atoms with van der Waals surface area (Å²) in [5, 5.41) is 12.0. The lowest BCUT2D eigenvalue weighted by atomic mass is 9.85. The van der Waals surface area contributed by atoms with E-state index >= 15 is 0 Å². The Morgan fingerprint density at radius 1 is 1.32 bits per heavy atom. The minimum absolute atomic E-state index is 0.0470. The highest BCUT2D eigenvalue weighted by Gasteiger charge is 2.46. The average Bonchev–Trinajstić information content (AvgIpc) is 3.65. The Morgan fingerprint density at radius 2 is 2.11 bits per heavy atom. The number of aromatic nitrogens is 1. The van der Waals surface area contributed by atoms with Crippen molar-refractivity contribution in [3.63, 3.8) is 0 Å². The van der Waals surface area contributed by atoms with Crippen LogP contribution in [0.15, 0.2) is 24.4 Å². The summed E-state index contributed by atoms with van der Waals surface area (Å²) in [4.78, 5) is 19.2. The van der Waals surface area contributed by atoms with Crippen LogP contribution in [0.5, 0.6) is 11.5 Å². The van der Waals surface area contributed by atoms with E-state index in [2.05, 4.69) is 10.3 Å². The summed E-state index contributed by atoms with van der Waals surface area (Å²) in [5.74, 6) is 0.648. The average molecular weight is 525 g/mol. The van der Waals surface area contributed by atoms with Gasteiger partial charge in [-0.1, -0.05) is 6.92 Å².